The third-order valence-corrected chi connectivity index (χ3v) is 3.69. The molecule has 21 heavy (non-hydrogen) atoms. The Labute approximate surface area is 130 Å². The first-order valence-corrected chi connectivity index (χ1v) is 7.34. The second-order valence-corrected chi connectivity index (χ2v) is 5.43. The maximum atomic E-state index is 13.6. The normalized spacial score (nSPS) is 12.2. The molecule has 0 heterocycles. The number of benzene rings is 2. The molecule has 2 rings (SSSR count). The van der Waals surface area contributed by atoms with Crippen LogP contribution in [0.3, 0.4) is 0 Å². The molecule has 2 aromatic carbocycles. The molecule has 0 aliphatic heterocycles. The molecule has 1 N–H and O–H groups in total. The van der Waals surface area contributed by atoms with Gasteiger partial charge in [-0.2, -0.15) is 0 Å². The Kier molecular flexibility index (Phi) is 5.31. The summed E-state index contributed by atoms with van der Waals surface area (Å²) in [5.74, 6) is -0.602. The zero-order valence-corrected chi connectivity index (χ0v) is 13.0. The summed E-state index contributed by atoms with van der Waals surface area (Å²) in [4.78, 5) is 0. The molecule has 0 saturated carbocycles. The standard InChI is InChI=1S/C16H15BrF2O2/c1-2-21-16-6-4-11(7-13(16)17)15(20)8-10-3-5-12(18)9-14(10)19/h3-7,9,15,20H,2,8H2,1H3. The quantitative estimate of drug-likeness (QED) is 0.860. The van der Waals surface area contributed by atoms with E-state index >= 15 is 0 Å². The van der Waals surface area contributed by atoms with E-state index in [-0.39, 0.29) is 12.0 Å². The molecule has 2 nitrogen and oxygen atoms in total. The summed E-state index contributed by atoms with van der Waals surface area (Å²) in [5, 5.41) is 10.2. The van der Waals surface area contributed by atoms with Gasteiger partial charge in [-0.25, -0.2) is 8.78 Å². The average Bonchev–Trinajstić information content (AvgIpc) is 2.44. The van der Waals surface area contributed by atoms with E-state index in [1.54, 1.807) is 18.2 Å². The highest BCUT2D eigenvalue weighted by atomic mass is 79.9. The van der Waals surface area contributed by atoms with E-state index < -0.39 is 17.7 Å². The zero-order chi connectivity index (χ0) is 15.4. The molecule has 2 aromatic rings. The van der Waals surface area contributed by atoms with Gasteiger partial charge in [0, 0.05) is 12.5 Å². The van der Waals surface area contributed by atoms with E-state index in [1.807, 2.05) is 6.92 Å². The molecule has 112 valence electrons. The molecule has 0 aromatic heterocycles. The predicted octanol–water partition coefficient (Wildman–Crippen LogP) is 4.40. The largest absolute Gasteiger partial charge is 0.493 e. The molecule has 0 saturated heterocycles. The van der Waals surface area contributed by atoms with Crippen LogP contribution in [0.2, 0.25) is 0 Å². The van der Waals surface area contributed by atoms with Crippen molar-refractivity contribution in [1.82, 2.24) is 0 Å². The molecular formula is C16H15BrF2O2. The van der Waals surface area contributed by atoms with Crippen LogP contribution in [0.5, 0.6) is 5.75 Å². The Morgan fingerprint density at radius 1 is 1.19 bits per heavy atom. The molecular weight excluding hydrogens is 342 g/mol. The first kappa shape index (κ1) is 15.9. The highest BCUT2D eigenvalue weighted by Crippen LogP contribution is 2.30. The van der Waals surface area contributed by atoms with E-state index in [2.05, 4.69) is 15.9 Å². The minimum atomic E-state index is -0.878. The van der Waals surface area contributed by atoms with Gasteiger partial charge >= 0.3 is 0 Å². The molecule has 1 atom stereocenters. The molecule has 0 fully saturated rings. The second kappa shape index (κ2) is 7.00. The summed E-state index contributed by atoms with van der Waals surface area (Å²) in [6.45, 7) is 2.42. The smallest absolute Gasteiger partial charge is 0.133 e. The molecule has 0 bridgehead atoms. The number of ether oxygens (including phenoxy) is 1. The van der Waals surface area contributed by atoms with E-state index in [0.29, 0.717) is 17.9 Å². The van der Waals surface area contributed by atoms with Crippen molar-refractivity contribution < 1.29 is 18.6 Å². The Balaban J connectivity index is 2.16. The Bertz CT molecular complexity index is 632. The van der Waals surface area contributed by atoms with Gasteiger partial charge in [-0.05, 0) is 52.2 Å². The fraction of sp³-hybridized carbons (Fsp3) is 0.250. The van der Waals surface area contributed by atoms with E-state index in [1.165, 1.54) is 12.1 Å². The molecule has 1 unspecified atom stereocenters. The Morgan fingerprint density at radius 2 is 1.95 bits per heavy atom. The molecule has 5 heteroatoms. The van der Waals surface area contributed by atoms with Gasteiger partial charge in [0.1, 0.15) is 17.4 Å². The van der Waals surface area contributed by atoms with Crippen LogP contribution in [0.15, 0.2) is 40.9 Å². The van der Waals surface area contributed by atoms with Crippen LogP contribution < -0.4 is 4.74 Å². The van der Waals surface area contributed by atoms with Gasteiger partial charge in [0.15, 0.2) is 0 Å². The summed E-state index contributed by atoms with van der Waals surface area (Å²) in [6, 6.07) is 8.54. The van der Waals surface area contributed by atoms with Crippen LogP contribution in [-0.4, -0.2) is 11.7 Å². The number of halogens is 3. The van der Waals surface area contributed by atoms with Crippen molar-refractivity contribution >= 4 is 15.9 Å². The highest BCUT2D eigenvalue weighted by Gasteiger charge is 2.14. The maximum Gasteiger partial charge on any atom is 0.133 e. The van der Waals surface area contributed by atoms with E-state index in [4.69, 9.17) is 4.74 Å². The van der Waals surface area contributed by atoms with Gasteiger partial charge in [0.2, 0.25) is 0 Å². The lowest BCUT2D eigenvalue weighted by Gasteiger charge is -2.14. The number of aliphatic hydroxyl groups is 1. The van der Waals surface area contributed by atoms with E-state index in [0.717, 1.165) is 10.5 Å². The van der Waals surface area contributed by atoms with Crippen LogP contribution in [0.1, 0.15) is 24.2 Å². The molecule has 0 spiro atoms. The Hall–Kier alpha value is -1.46. The van der Waals surface area contributed by atoms with Gasteiger partial charge < -0.3 is 9.84 Å². The zero-order valence-electron chi connectivity index (χ0n) is 11.4. The molecule has 0 radical (unpaired) electrons. The number of hydrogen-bond donors (Lipinski definition) is 1. The van der Waals surface area contributed by atoms with Crippen LogP contribution in [-0.2, 0) is 6.42 Å². The Morgan fingerprint density at radius 3 is 2.57 bits per heavy atom. The first-order valence-electron chi connectivity index (χ1n) is 6.55. The van der Waals surface area contributed by atoms with Gasteiger partial charge in [-0.1, -0.05) is 12.1 Å². The van der Waals surface area contributed by atoms with Crippen molar-refractivity contribution in [1.29, 1.82) is 0 Å². The second-order valence-electron chi connectivity index (χ2n) is 4.58. The lowest BCUT2D eigenvalue weighted by molar-refractivity contribution is 0.177. The maximum absolute atomic E-state index is 13.6. The van der Waals surface area contributed by atoms with Crippen molar-refractivity contribution in [3.63, 3.8) is 0 Å². The van der Waals surface area contributed by atoms with Crippen LogP contribution in [0.4, 0.5) is 8.78 Å². The van der Waals surface area contributed by atoms with Crippen molar-refractivity contribution in [3.05, 3.63) is 63.6 Å². The third kappa shape index (κ3) is 4.02. The fourth-order valence-corrected chi connectivity index (χ4v) is 2.52. The van der Waals surface area contributed by atoms with Crippen molar-refractivity contribution in [2.24, 2.45) is 0 Å². The number of aliphatic hydroxyl groups excluding tert-OH is 1. The minimum absolute atomic E-state index is 0.0759. The van der Waals surface area contributed by atoms with Crippen LogP contribution >= 0.6 is 15.9 Å². The lowest BCUT2D eigenvalue weighted by Crippen LogP contribution is -2.04. The van der Waals surface area contributed by atoms with Gasteiger partial charge in [0.05, 0.1) is 17.2 Å². The summed E-state index contributed by atoms with van der Waals surface area (Å²) < 4.78 is 32.6. The van der Waals surface area contributed by atoms with E-state index in [9.17, 15) is 13.9 Å². The van der Waals surface area contributed by atoms with Crippen molar-refractivity contribution in [2.75, 3.05) is 6.61 Å². The highest BCUT2D eigenvalue weighted by molar-refractivity contribution is 9.10. The van der Waals surface area contributed by atoms with Gasteiger partial charge in [0.25, 0.3) is 0 Å². The topological polar surface area (TPSA) is 29.5 Å². The first-order chi connectivity index (χ1) is 10.0. The number of rotatable bonds is 5. The van der Waals surface area contributed by atoms with Crippen molar-refractivity contribution in [2.45, 2.75) is 19.4 Å². The summed E-state index contributed by atoms with van der Waals surface area (Å²) >= 11 is 3.37. The predicted molar refractivity (Wildman–Crippen MR) is 80.3 cm³/mol. The minimum Gasteiger partial charge on any atom is -0.493 e. The lowest BCUT2D eigenvalue weighted by atomic mass is 10.0. The van der Waals surface area contributed by atoms with Crippen LogP contribution in [0.25, 0.3) is 0 Å². The van der Waals surface area contributed by atoms with Crippen molar-refractivity contribution in [3.8, 4) is 5.75 Å². The summed E-state index contributed by atoms with van der Waals surface area (Å²) in [5.41, 5.74) is 0.906. The SMILES string of the molecule is CCOc1ccc(C(O)Cc2ccc(F)cc2F)cc1Br. The fourth-order valence-electron chi connectivity index (χ4n) is 2.01. The summed E-state index contributed by atoms with van der Waals surface area (Å²) in [6.07, 6.45) is -0.802. The monoisotopic (exact) mass is 356 g/mol. The van der Waals surface area contributed by atoms with Gasteiger partial charge in [-0.15, -0.1) is 0 Å². The molecule has 0 amide bonds. The average molecular weight is 357 g/mol. The van der Waals surface area contributed by atoms with Gasteiger partial charge in [-0.3, -0.25) is 0 Å². The molecule has 0 aliphatic carbocycles. The number of hydrogen-bond acceptors (Lipinski definition) is 2. The third-order valence-electron chi connectivity index (χ3n) is 3.07. The van der Waals surface area contributed by atoms with Crippen LogP contribution in [0, 0.1) is 11.6 Å². The summed E-state index contributed by atoms with van der Waals surface area (Å²) in [7, 11) is 0. The molecule has 0 aliphatic rings.